The molecule has 2 N–H and O–H groups in total. The second-order valence-corrected chi connectivity index (χ2v) is 6.64. The predicted octanol–water partition coefficient (Wildman–Crippen LogP) is 2.60. The van der Waals surface area contributed by atoms with E-state index in [0.29, 0.717) is 29.4 Å². The van der Waals surface area contributed by atoms with E-state index in [-0.39, 0.29) is 6.03 Å². The molecule has 0 unspecified atom stereocenters. The van der Waals surface area contributed by atoms with Crippen molar-refractivity contribution in [3.63, 3.8) is 0 Å². The fraction of sp³-hybridized carbons (Fsp3) is 0.600. The van der Waals surface area contributed by atoms with Gasteiger partial charge in [0.2, 0.25) is 0 Å². The molecule has 0 bridgehead atoms. The standard InChI is InChI=1S/C15H22N6O2/c1-9(11-5-6-11)21-8-12(7-16-21)18-14(22)19-15(3,4)13-17-10(2)20-23-13/h7-9,11H,5-6H2,1-4H3,(H2,18,19,22)/t9-/m1/s1. The summed E-state index contributed by atoms with van der Waals surface area (Å²) < 4.78 is 7.03. The fourth-order valence-electron chi connectivity index (χ4n) is 2.47. The molecule has 1 fully saturated rings. The molecule has 3 rings (SSSR count). The van der Waals surface area contributed by atoms with Gasteiger partial charge in [0.1, 0.15) is 5.54 Å². The van der Waals surface area contributed by atoms with E-state index in [9.17, 15) is 4.79 Å². The molecule has 0 spiro atoms. The summed E-state index contributed by atoms with van der Waals surface area (Å²) >= 11 is 0. The van der Waals surface area contributed by atoms with Crippen LogP contribution in [0.1, 0.15) is 51.4 Å². The molecule has 1 aliphatic carbocycles. The molecule has 2 aromatic heterocycles. The molecule has 8 nitrogen and oxygen atoms in total. The molecular formula is C15H22N6O2. The number of hydrogen-bond acceptors (Lipinski definition) is 5. The quantitative estimate of drug-likeness (QED) is 0.883. The van der Waals surface area contributed by atoms with E-state index in [1.807, 2.05) is 10.9 Å². The first-order valence-electron chi connectivity index (χ1n) is 7.79. The maximum absolute atomic E-state index is 12.2. The largest absolute Gasteiger partial charge is 0.337 e. The smallest absolute Gasteiger partial charge is 0.320 e. The molecule has 1 atom stereocenters. The zero-order valence-corrected chi connectivity index (χ0v) is 13.8. The summed E-state index contributed by atoms with van der Waals surface area (Å²) in [6.07, 6.45) is 6.01. The molecule has 124 valence electrons. The SMILES string of the molecule is Cc1noc(C(C)(C)NC(=O)Nc2cnn([C@H](C)C3CC3)c2)n1. The highest BCUT2D eigenvalue weighted by Crippen LogP contribution is 2.39. The molecule has 1 aliphatic rings. The zero-order valence-electron chi connectivity index (χ0n) is 13.8. The number of anilines is 1. The number of amides is 2. The maximum Gasteiger partial charge on any atom is 0.320 e. The van der Waals surface area contributed by atoms with Gasteiger partial charge in [0, 0.05) is 6.20 Å². The molecule has 2 heterocycles. The Morgan fingerprint density at radius 3 is 2.83 bits per heavy atom. The summed E-state index contributed by atoms with van der Waals surface area (Å²) in [6, 6.07) is 0.0240. The lowest BCUT2D eigenvalue weighted by atomic mass is 10.1. The van der Waals surface area contributed by atoms with Crippen LogP contribution in [0.15, 0.2) is 16.9 Å². The van der Waals surface area contributed by atoms with Crippen LogP contribution in [0.4, 0.5) is 10.5 Å². The molecule has 23 heavy (non-hydrogen) atoms. The Morgan fingerprint density at radius 1 is 1.48 bits per heavy atom. The Labute approximate surface area is 134 Å². The van der Waals surface area contributed by atoms with Gasteiger partial charge in [-0.15, -0.1) is 0 Å². The van der Waals surface area contributed by atoms with Crippen molar-refractivity contribution in [2.24, 2.45) is 5.92 Å². The Kier molecular flexibility index (Phi) is 3.83. The van der Waals surface area contributed by atoms with E-state index in [0.717, 1.165) is 0 Å². The number of nitrogens with zero attached hydrogens (tertiary/aromatic N) is 4. The predicted molar refractivity (Wildman–Crippen MR) is 83.9 cm³/mol. The van der Waals surface area contributed by atoms with Gasteiger partial charge in [-0.1, -0.05) is 5.16 Å². The lowest BCUT2D eigenvalue weighted by molar-refractivity contribution is 0.228. The highest BCUT2D eigenvalue weighted by Gasteiger charge is 2.31. The van der Waals surface area contributed by atoms with Crippen molar-refractivity contribution < 1.29 is 9.32 Å². The zero-order chi connectivity index (χ0) is 16.6. The number of carbonyl (C=O) groups is 1. The van der Waals surface area contributed by atoms with E-state index in [1.165, 1.54) is 12.8 Å². The third-order valence-electron chi connectivity index (χ3n) is 4.07. The van der Waals surface area contributed by atoms with Gasteiger partial charge in [-0.25, -0.2) is 4.79 Å². The number of nitrogens with one attached hydrogen (secondary N) is 2. The lowest BCUT2D eigenvalue weighted by Crippen LogP contribution is -2.43. The van der Waals surface area contributed by atoms with Gasteiger partial charge in [0.25, 0.3) is 5.89 Å². The minimum atomic E-state index is -0.761. The second-order valence-electron chi connectivity index (χ2n) is 6.64. The van der Waals surface area contributed by atoms with Crippen molar-refractivity contribution in [3.05, 3.63) is 24.1 Å². The Bertz CT molecular complexity index is 700. The van der Waals surface area contributed by atoms with Crippen LogP contribution in [-0.4, -0.2) is 26.0 Å². The third kappa shape index (κ3) is 3.52. The highest BCUT2D eigenvalue weighted by atomic mass is 16.5. The first-order chi connectivity index (χ1) is 10.8. The summed E-state index contributed by atoms with van der Waals surface area (Å²) in [4.78, 5) is 16.3. The van der Waals surface area contributed by atoms with Crippen molar-refractivity contribution in [3.8, 4) is 0 Å². The monoisotopic (exact) mass is 318 g/mol. The minimum absolute atomic E-state index is 0.343. The normalized spacial score (nSPS) is 16.2. The summed E-state index contributed by atoms with van der Waals surface area (Å²) in [5, 5.41) is 13.7. The Morgan fingerprint density at radius 2 is 2.22 bits per heavy atom. The molecule has 0 radical (unpaired) electrons. The van der Waals surface area contributed by atoms with Crippen LogP contribution in [0.5, 0.6) is 0 Å². The van der Waals surface area contributed by atoms with Crippen LogP contribution in [0, 0.1) is 12.8 Å². The Balaban J connectivity index is 1.60. The Hall–Kier alpha value is -2.38. The van der Waals surface area contributed by atoms with E-state index in [2.05, 4.69) is 32.8 Å². The van der Waals surface area contributed by atoms with Crippen LogP contribution in [0.25, 0.3) is 0 Å². The number of carbonyl (C=O) groups excluding carboxylic acids is 1. The summed E-state index contributed by atoms with van der Waals surface area (Å²) in [5.74, 6) is 1.60. The summed E-state index contributed by atoms with van der Waals surface area (Å²) in [5.41, 5.74) is -0.102. The van der Waals surface area contributed by atoms with Crippen molar-refractivity contribution in [1.29, 1.82) is 0 Å². The van der Waals surface area contributed by atoms with Gasteiger partial charge >= 0.3 is 6.03 Å². The first-order valence-corrected chi connectivity index (χ1v) is 7.79. The van der Waals surface area contributed by atoms with Crippen LogP contribution in [0.2, 0.25) is 0 Å². The minimum Gasteiger partial charge on any atom is -0.337 e. The number of rotatable bonds is 5. The topological polar surface area (TPSA) is 97.9 Å². The number of aromatic nitrogens is 4. The third-order valence-corrected chi connectivity index (χ3v) is 4.07. The highest BCUT2D eigenvalue weighted by molar-refractivity contribution is 5.89. The van der Waals surface area contributed by atoms with Gasteiger partial charge in [0.05, 0.1) is 17.9 Å². The van der Waals surface area contributed by atoms with Crippen LogP contribution in [0.3, 0.4) is 0 Å². The van der Waals surface area contributed by atoms with Gasteiger partial charge < -0.3 is 15.2 Å². The number of hydrogen-bond donors (Lipinski definition) is 2. The molecule has 0 saturated heterocycles. The average molecular weight is 318 g/mol. The number of urea groups is 1. The molecule has 2 aromatic rings. The summed E-state index contributed by atoms with van der Waals surface area (Å²) in [6.45, 7) is 7.49. The van der Waals surface area contributed by atoms with Crippen LogP contribution in [-0.2, 0) is 5.54 Å². The average Bonchev–Trinajstić information content (AvgIpc) is 3.06. The maximum atomic E-state index is 12.2. The van der Waals surface area contributed by atoms with Crippen molar-refractivity contribution in [2.45, 2.75) is 52.1 Å². The molecule has 1 saturated carbocycles. The van der Waals surface area contributed by atoms with Gasteiger partial charge in [-0.05, 0) is 46.5 Å². The molecule has 8 heteroatoms. The molecule has 0 aromatic carbocycles. The number of aryl methyl sites for hydroxylation is 1. The van der Waals surface area contributed by atoms with E-state index in [1.54, 1.807) is 27.0 Å². The van der Waals surface area contributed by atoms with Gasteiger partial charge in [0.15, 0.2) is 5.82 Å². The van der Waals surface area contributed by atoms with E-state index < -0.39 is 5.54 Å². The van der Waals surface area contributed by atoms with Crippen molar-refractivity contribution in [2.75, 3.05) is 5.32 Å². The van der Waals surface area contributed by atoms with Crippen molar-refractivity contribution in [1.82, 2.24) is 25.2 Å². The molecule has 2 amide bonds. The van der Waals surface area contributed by atoms with E-state index in [4.69, 9.17) is 4.52 Å². The lowest BCUT2D eigenvalue weighted by Gasteiger charge is -2.21. The van der Waals surface area contributed by atoms with Crippen LogP contribution >= 0.6 is 0 Å². The summed E-state index contributed by atoms with van der Waals surface area (Å²) in [7, 11) is 0. The van der Waals surface area contributed by atoms with E-state index >= 15 is 0 Å². The van der Waals surface area contributed by atoms with Crippen molar-refractivity contribution >= 4 is 11.7 Å². The van der Waals surface area contributed by atoms with Crippen LogP contribution < -0.4 is 10.6 Å². The fourth-order valence-corrected chi connectivity index (χ4v) is 2.47. The first kappa shape index (κ1) is 15.5. The van der Waals surface area contributed by atoms with Gasteiger partial charge in [-0.2, -0.15) is 10.1 Å². The molecular weight excluding hydrogens is 296 g/mol. The van der Waals surface area contributed by atoms with Gasteiger partial charge in [-0.3, -0.25) is 4.68 Å². The second kappa shape index (κ2) is 5.68. The molecule has 0 aliphatic heterocycles.